The maximum atomic E-state index is 14.6. The Bertz CT molecular complexity index is 1060. The normalized spacial score (nSPS) is 16.9. The summed E-state index contributed by atoms with van der Waals surface area (Å²) in [6.07, 6.45) is -10.6. The first-order chi connectivity index (χ1) is 17.7. The molecule has 41 heavy (non-hydrogen) atoms. The Hall–Kier alpha value is -2.21. The Balaban J connectivity index is 3.60. The van der Waals surface area contributed by atoms with Gasteiger partial charge in [-0.25, -0.2) is 0 Å². The lowest BCUT2D eigenvalue weighted by Crippen LogP contribution is -2.74. The fraction of sp³-hybridized carbons (Fsp3) is 0.727. The van der Waals surface area contributed by atoms with Crippen LogP contribution in [-0.2, 0) is 10.3 Å². The van der Waals surface area contributed by atoms with E-state index in [1.165, 1.54) is 0 Å². The predicted molar refractivity (Wildman–Crippen MR) is 106 cm³/mol. The van der Waals surface area contributed by atoms with Gasteiger partial charge in [0.2, 0.25) is 0 Å². The molecule has 0 N–H and O–H groups in total. The number of hydrogen-bond acceptors (Lipinski definition) is 2. The van der Waals surface area contributed by atoms with Gasteiger partial charge >= 0.3 is 47.6 Å². The first-order valence-electron chi connectivity index (χ1n) is 10.8. The van der Waals surface area contributed by atoms with E-state index in [0.29, 0.717) is 14.0 Å². The summed E-state index contributed by atoms with van der Waals surface area (Å²) in [7, 11) is 0.536. The number of halogens is 17. The van der Waals surface area contributed by atoms with E-state index in [9.17, 15) is 74.6 Å². The molecule has 0 heterocycles. The van der Waals surface area contributed by atoms with Crippen LogP contribution in [-0.4, -0.2) is 60.3 Å². The molecule has 0 aliphatic heterocycles. The maximum absolute atomic E-state index is 14.6. The van der Waals surface area contributed by atoms with Gasteiger partial charge in [-0.1, -0.05) is 12.1 Å². The third kappa shape index (κ3) is 5.87. The van der Waals surface area contributed by atoms with Gasteiger partial charge in [0.25, 0.3) is 0 Å². The quantitative estimate of drug-likeness (QED) is 0.225. The molecule has 2 nitrogen and oxygen atoms in total. The van der Waals surface area contributed by atoms with Crippen LogP contribution in [0, 0.1) is 0 Å². The number of rotatable bonds is 11. The third-order valence-corrected chi connectivity index (χ3v) is 5.69. The van der Waals surface area contributed by atoms with Crippen LogP contribution in [0.5, 0.6) is 5.75 Å². The van der Waals surface area contributed by atoms with Crippen molar-refractivity contribution in [1.29, 1.82) is 0 Å². The second kappa shape index (κ2) is 10.2. The van der Waals surface area contributed by atoms with Crippen molar-refractivity contribution >= 4 is 0 Å². The van der Waals surface area contributed by atoms with E-state index in [4.69, 9.17) is 4.74 Å². The van der Waals surface area contributed by atoms with E-state index in [-0.39, 0.29) is 5.75 Å². The molecule has 0 aromatic heterocycles. The van der Waals surface area contributed by atoms with E-state index in [0.717, 1.165) is 24.3 Å². The molecule has 1 unspecified atom stereocenters. The van der Waals surface area contributed by atoms with Crippen LogP contribution >= 0.6 is 0 Å². The smallest absolute Gasteiger partial charge is 0.460 e. The number of hydrogen-bond donors (Lipinski definition) is 0. The molecule has 0 saturated carbocycles. The highest BCUT2D eigenvalue weighted by Gasteiger charge is 2.95. The fourth-order valence-electron chi connectivity index (χ4n) is 3.25. The van der Waals surface area contributed by atoms with Crippen LogP contribution in [0.3, 0.4) is 0 Å². The highest BCUT2D eigenvalue weighted by molar-refractivity contribution is 5.32. The van der Waals surface area contributed by atoms with Gasteiger partial charge in [0.05, 0.1) is 12.0 Å². The van der Waals surface area contributed by atoms with Crippen LogP contribution < -0.4 is 4.74 Å². The van der Waals surface area contributed by atoms with Crippen LogP contribution in [0.25, 0.3) is 0 Å². The minimum absolute atomic E-state index is 0.0433. The fourth-order valence-corrected chi connectivity index (χ4v) is 3.25. The minimum Gasteiger partial charge on any atom is -0.488 e. The van der Waals surface area contributed by atoms with Crippen molar-refractivity contribution in [2.75, 3.05) is 7.11 Å². The highest BCUT2D eigenvalue weighted by atomic mass is 19.4. The summed E-state index contributed by atoms with van der Waals surface area (Å²) in [5.41, 5.74) is -4.21. The van der Waals surface area contributed by atoms with Gasteiger partial charge in [0.1, 0.15) is 11.4 Å². The van der Waals surface area contributed by atoms with E-state index >= 15 is 0 Å². The molecular weight excluding hydrogens is 619 g/mol. The molecule has 0 bridgehead atoms. The average molecular weight is 640 g/mol. The van der Waals surface area contributed by atoms with Crippen LogP contribution in [0.1, 0.15) is 39.7 Å². The van der Waals surface area contributed by atoms with Crippen LogP contribution in [0.15, 0.2) is 24.3 Å². The van der Waals surface area contributed by atoms with Gasteiger partial charge in [0.15, 0.2) is 0 Å². The number of alkyl halides is 17. The summed E-state index contributed by atoms with van der Waals surface area (Å²) in [6.45, 7) is 5.23. The third-order valence-electron chi connectivity index (χ3n) is 5.69. The van der Waals surface area contributed by atoms with Crippen molar-refractivity contribution in [2.45, 2.75) is 93.0 Å². The molecule has 0 fully saturated rings. The number of methoxy groups -OCH3 is 1. The summed E-state index contributed by atoms with van der Waals surface area (Å²) in [4.78, 5) is 0. The molecule has 0 aliphatic carbocycles. The zero-order valence-corrected chi connectivity index (χ0v) is 21.3. The van der Waals surface area contributed by atoms with Crippen molar-refractivity contribution in [3.63, 3.8) is 0 Å². The van der Waals surface area contributed by atoms with Crippen molar-refractivity contribution in [3.05, 3.63) is 29.8 Å². The first-order valence-corrected chi connectivity index (χ1v) is 10.8. The van der Waals surface area contributed by atoms with Gasteiger partial charge in [-0.3, -0.25) is 0 Å². The molecule has 1 rings (SSSR count). The molecule has 240 valence electrons. The van der Waals surface area contributed by atoms with Crippen molar-refractivity contribution in [2.24, 2.45) is 0 Å². The Labute approximate surface area is 220 Å². The van der Waals surface area contributed by atoms with Gasteiger partial charge in [-0.15, -0.1) is 0 Å². The van der Waals surface area contributed by atoms with Gasteiger partial charge in [-0.2, -0.15) is 74.6 Å². The molecule has 0 spiro atoms. The largest absolute Gasteiger partial charge is 0.488 e. The SMILES string of the molecule is COC(C)(CC(F)(F)C(F)(F)C(F)(F)C(F)(F)C(F)(F)C(F)(F)C(F)(F)C(F)(F)F)c1ccc(OC(C)(C)C)cc1. The monoisotopic (exact) mass is 640 g/mol. The maximum Gasteiger partial charge on any atom is 0.460 e. The molecular formula is C22H21F17O2. The number of ether oxygens (including phenoxy) is 2. The topological polar surface area (TPSA) is 18.5 Å². The van der Waals surface area contributed by atoms with Crippen molar-refractivity contribution < 1.29 is 84.1 Å². The summed E-state index contributed by atoms with van der Waals surface area (Å²) < 4.78 is 240. The molecule has 0 aliphatic rings. The van der Waals surface area contributed by atoms with Gasteiger partial charge in [0, 0.05) is 7.11 Å². The van der Waals surface area contributed by atoms with Crippen molar-refractivity contribution in [1.82, 2.24) is 0 Å². The van der Waals surface area contributed by atoms with E-state index < -0.39 is 70.8 Å². The molecule has 1 aromatic carbocycles. The lowest BCUT2D eigenvalue weighted by molar-refractivity contribution is -0.462. The zero-order valence-electron chi connectivity index (χ0n) is 21.3. The average Bonchev–Trinajstić information content (AvgIpc) is 2.76. The molecule has 0 saturated heterocycles. The Kier molecular flexibility index (Phi) is 9.17. The molecule has 19 heteroatoms. The molecule has 1 aromatic rings. The molecule has 0 amide bonds. The Morgan fingerprint density at radius 1 is 0.512 bits per heavy atom. The second-order valence-corrected chi connectivity index (χ2v) is 10.00. The van der Waals surface area contributed by atoms with E-state index in [1.54, 1.807) is 20.8 Å². The number of benzene rings is 1. The summed E-state index contributed by atoms with van der Waals surface area (Å²) in [5.74, 6) is -56.7. The molecule has 1 atom stereocenters. The summed E-state index contributed by atoms with van der Waals surface area (Å²) in [5, 5.41) is 0. The van der Waals surface area contributed by atoms with Gasteiger partial charge in [-0.05, 0) is 45.4 Å². The predicted octanol–water partition coefficient (Wildman–Crippen LogP) is 9.12. The minimum atomic E-state index is -8.67. The van der Waals surface area contributed by atoms with Crippen LogP contribution in [0.4, 0.5) is 74.6 Å². The summed E-state index contributed by atoms with van der Waals surface area (Å²) in [6, 6.07) is 3.81. The standard InChI is InChI=1S/C22H21F17O2/c1-13(2,3)41-12-8-6-11(7-9-12)14(4,40-5)10-15(23,24)16(25,26)17(27,28)18(29,30)19(31,32)20(33,34)21(35,36)22(37,38)39/h6-9H,10H2,1-5H3. The van der Waals surface area contributed by atoms with Crippen LogP contribution in [0.2, 0.25) is 0 Å². The van der Waals surface area contributed by atoms with E-state index in [2.05, 4.69) is 4.74 Å². The lowest BCUT2D eigenvalue weighted by Gasteiger charge is -2.44. The molecule has 0 radical (unpaired) electrons. The van der Waals surface area contributed by atoms with Crippen molar-refractivity contribution in [3.8, 4) is 5.75 Å². The first kappa shape index (κ1) is 36.8. The lowest BCUT2D eigenvalue weighted by atomic mass is 9.83. The Morgan fingerprint density at radius 2 is 0.854 bits per heavy atom. The van der Waals surface area contributed by atoms with E-state index in [1.807, 2.05) is 0 Å². The second-order valence-electron chi connectivity index (χ2n) is 10.00. The highest BCUT2D eigenvalue weighted by Crippen LogP contribution is 2.64. The zero-order chi connectivity index (χ0) is 33.1. The Morgan fingerprint density at radius 3 is 1.17 bits per heavy atom. The summed E-state index contributed by atoms with van der Waals surface area (Å²) >= 11 is 0. The van der Waals surface area contributed by atoms with Gasteiger partial charge < -0.3 is 9.47 Å².